The summed E-state index contributed by atoms with van der Waals surface area (Å²) < 4.78 is 5.40. The Hall–Kier alpha value is -0.760. The average Bonchev–Trinajstić information content (AvgIpc) is 2.61. The second kappa shape index (κ2) is 5.53. The summed E-state index contributed by atoms with van der Waals surface area (Å²) >= 11 is 0. The third kappa shape index (κ3) is 2.49. The fourth-order valence-electron chi connectivity index (χ4n) is 2.78. The highest BCUT2D eigenvalue weighted by atomic mass is 16.3. The maximum Gasteiger partial charge on any atom is 0.109 e. The molecule has 1 heterocycles. The predicted octanol–water partition coefficient (Wildman–Crippen LogP) is 3.85. The summed E-state index contributed by atoms with van der Waals surface area (Å²) in [7, 11) is 0. The van der Waals surface area contributed by atoms with Gasteiger partial charge in [-0.1, -0.05) is 32.6 Å². The SMILES string of the molecule is CCc1occc1C(O)C1CCCCCC1. The molecule has 2 heteroatoms. The minimum absolute atomic E-state index is 0.313. The van der Waals surface area contributed by atoms with Crippen molar-refractivity contribution >= 4 is 0 Å². The molecular formula is C14H22O2. The van der Waals surface area contributed by atoms with Crippen LogP contribution in [0.3, 0.4) is 0 Å². The smallest absolute Gasteiger partial charge is 0.109 e. The van der Waals surface area contributed by atoms with Gasteiger partial charge in [-0.15, -0.1) is 0 Å². The number of aryl methyl sites for hydroxylation is 1. The zero-order chi connectivity index (χ0) is 11.4. The molecule has 0 saturated heterocycles. The van der Waals surface area contributed by atoms with Gasteiger partial charge in [0.2, 0.25) is 0 Å². The van der Waals surface area contributed by atoms with E-state index in [-0.39, 0.29) is 6.10 Å². The van der Waals surface area contributed by atoms with E-state index in [1.807, 2.05) is 6.07 Å². The van der Waals surface area contributed by atoms with E-state index in [0.29, 0.717) is 5.92 Å². The molecular weight excluding hydrogens is 200 g/mol. The molecule has 1 unspecified atom stereocenters. The van der Waals surface area contributed by atoms with E-state index in [9.17, 15) is 5.11 Å². The van der Waals surface area contributed by atoms with E-state index in [4.69, 9.17) is 4.42 Å². The van der Waals surface area contributed by atoms with Crippen molar-refractivity contribution in [2.75, 3.05) is 0 Å². The summed E-state index contributed by atoms with van der Waals surface area (Å²) in [5.74, 6) is 1.39. The van der Waals surface area contributed by atoms with Crippen LogP contribution in [0.5, 0.6) is 0 Å². The molecule has 1 N–H and O–H groups in total. The fourth-order valence-corrected chi connectivity index (χ4v) is 2.78. The highest BCUT2D eigenvalue weighted by Gasteiger charge is 2.24. The Morgan fingerprint density at radius 2 is 2.00 bits per heavy atom. The predicted molar refractivity (Wildman–Crippen MR) is 64.2 cm³/mol. The maximum atomic E-state index is 10.4. The summed E-state index contributed by atoms with van der Waals surface area (Å²) in [5.41, 5.74) is 1.02. The van der Waals surface area contributed by atoms with Crippen LogP contribution in [0.15, 0.2) is 16.7 Å². The summed E-state index contributed by atoms with van der Waals surface area (Å²) in [6.45, 7) is 2.07. The van der Waals surface area contributed by atoms with Crippen LogP contribution >= 0.6 is 0 Å². The molecule has 1 aromatic heterocycles. The van der Waals surface area contributed by atoms with Crippen molar-refractivity contribution < 1.29 is 9.52 Å². The Balaban J connectivity index is 2.07. The lowest BCUT2D eigenvalue weighted by Crippen LogP contribution is -2.12. The molecule has 1 aliphatic carbocycles. The quantitative estimate of drug-likeness (QED) is 0.788. The molecule has 90 valence electrons. The van der Waals surface area contributed by atoms with E-state index in [1.165, 1.54) is 25.7 Å². The van der Waals surface area contributed by atoms with Gasteiger partial charge >= 0.3 is 0 Å². The van der Waals surface area contributed by atoms with Crippen molar-refractivity contribution in [3.63, 3.8) is 0 Å². The monoisotopic (exact) mass is 222 g/mol. The van der Waals surface area contributed by atoms with Gasteiger partial charge in [-0.05, 0) is 24.8 Å². The van der Waals surface area contributed by atoms with Gasteiger partial charge in [-0.3, -0.25) is 0 Å². The molecule has 0 amide bonds. The lowest BCUT2D eigenvalue weighted by atomic mass is 9.89. The lowest BCUT2D eigenvalue weighted by Gasteiger charge is -2.21. The van der Waals surface area contributed by atoms with Gasteiger partial charge in [-0.25, -0.2) is 0 Å². The summed E-state index contributed by atoms with van der Waals surface area (Å²) in [4.78, 5) is 0. The largest absolute Gasteiger partial charge is 0.469 e. The van der Waals surface area contributed by atoms with Crippen LogP contribution in [0.4, 0.5) is 0 Å². The van der Waals surface area contributed by atoms with Crippen LogP contribution in [0, 0.1) is 5.92 Å². The van der Waals surface area contributed by atoms with E-state index in [1.54, 1.807) is 6.26 Å². The zero-order valence-electron chi connectivity index (χ0n) is 10.1. The van der Waals surface area contributed by atoms with Gasteiger partial charge < -0.3 is 9.52 Å². The number of furan rings is 1. The molecule has 1 saturated carbocycles. The molecule has 16 heavy (non-hydrogen) atoms. The van der Waals surface area contributed by atoms with Crippen molar-refractivity contribution in [3.05, 3.63) is 23.7 Å². The number of hydrogen-bond acceptors (Lipinski definition) is 2. The van der Waals surface area contributed by atoms with Gasteiger partial charge in [-0.2, -0.15) is 0 Å². The molecule has 1 aromatic rings. The first-order chi connectivity index (χ1) is 7.83. The van der Waals surface area contributed by atoms with E-state index < -0.39 is 0 Å². The number of aliphatic hydroxyl groups is 1. The normalized spacial score (nSPS) is 20.6. The first-order valence-electron chi connectivity index (χ1n) is 6.57. The van der Waals surface area contributed by atoms with E-state index in [0.717, 1.165) is 30.6 Å². The maximum absolute atomic E-state index is 10.4. The van der Waals surface area contributed by atoms with Gasteiger partial charge in [0.25, 0.3) is 0 Å². The van der Waals surface area contributed by atoms with Crippen molar-refractivity contribution in [1.29, 1.82) is 0 Å². The van der Waals surface area contributed by atoms with Crippen LogP contribution < -0.4 is 0 Å². The second-order valence-corrected chi connectivity index (χ2v) is 4.85. The second-order valence-electron chi connectivity index (χ2n) is 4.85. The van der Waals surface area contributed by atoms with Crippen molar-refractivity contribution in [3.8, 4) is 0 Å². The summed E-state index contributed by atoms with van der Waals surface area (Å²) in [5, 5.41) is 10.4. The number of rotatable bonds is 3. The van der Waals surface area contributed by atoms with Crippen LogP contribution in [0.25, 0.3) is 0 Å². The van der Waals surface area contributed by atoms with Crippen LogP contribution in [0.1, 0.15) is 62.9 Å². The lowest BCUT2D eigenvalue weighted by molar-refractivity contribution is 0.0970. The minimum atomic E-state index is -0.313. The van der Waals surface area contributed by atoms with Crippen LogP contribution in [-0.2, 0) is 6.42 Å². The zero-order valence-corrected chi connectivity index (χ0v) is 10.1. The third-order valence-electron chi connectivity index (χ3n) is 3.77. The first-order valence-corrected chi connectivity index (χ1v) is 6.57. The Kier molecular flexibility index (Phi) is 4.05. The standard InChI is InChI=1S/C14H22O2/c1-2-13-12(9-10-16-13)14(15)11-7-5-3-4-6-8-11/h9-11,14-15H,2-8H2,1H3. The van der Waals surface area contributed by atoms with Crippen molar-refractivity contribution in [2.45, 2.75) is 58.0 Å². The van der Waals surface area contributed by atoms with Gasteiger partial charge in [0.1, 0.15) is 5.76 Å². The molecule has 0 spiro atoms. The molecule has 2 nitrogen and oxygen atoms in total. The Morgan fingerprint density at radius 3 is 2.62 bits per heavy atom. The topological polar surface area (TPSA) is 33.4 Å². The highest BCUT2D eigenvalue weighted by Crippen LogP contribution is 2.35. The molecule has 0 aromatic carbocycles. The Labute approximate surface area is 97.7 Å². The van der Waals surface area contributed by atoms with E-state index >= 15 is 0 Å². The van der Waals surface area contributed by atoms with Crippen LogP contribution in [0.2, 0.25) is 0 Å². The Bertz CT molecular complexity index is 308. The van der Waals surface area contributed by atoms with Crippen LogP contribution in [-0.4, -0.2) is 5.11 Å². The fraction of sp³-hybridized carbons (Fsp3) is 0.714. The first kappa shape index (κ1) is 11.7. The molecule has 0 radical (unpaired) electrons. The van der Waals surface area contributed by atoms with Crippen molar-refractivity contribution in [2.24, 2.45) is 5.92 Å². The minimum Gasteiger partial charge on any atom is -0.469 e. The highest BCUT2D eigenvalue weighted by molar-refractivity contribution is 5.20. The van der Waals surface area contributed by atoms with Gasteiger partial charge in [0.05, 0.1) is 12.4 Å². The molecule has 1 fully saturated rings. The van der Waals surface area contributed by atoms with Crippen molar-refractivity contribution in [1.82, 2.24) is 0 Å². The third-order valence-corrected chi connectivity index (χ3v) is 3.77. The molecule has 1 atom stereocenters. The number of hydrogen-bond donors (Lipinski definition) is 1. The van der Waals surface area contributed by atoms with Gasteiger partial charge in [0, 0.05) is 12.0 Å². The Morgan fingerprint density at radius 1 is 1.31 bits per heavy atom. The average molecular weight is 222 g/mol. The van der Waals surface area contributed by atoms with Gasteiger partial charge in [0.15, 0.2) is 0 Å². The molecule has 2 rings (SSSR count). The summed E-state index contributed by atoms with van der Waals surface area (Å²) in [6, 6.07) is 1.94. The van der Waals surface area contributed by atoms with E-state index in [2.05, 4.69) is 6.92 Å². The molecule has 0 aliphatic heterocycles. The molecule has 1 aliphatic rings. The number of aliphatic hydroxyl groups excluding tert-OH is 1. The summed E-state index contributed by atoms with van der Waals surface area (Å²) in [6.07, 6.45) is 9.77. The molecule has 0 bridgehead atoms.